The molecule has 3 N–H and O–H groups in total. The lowest BCUT2D eigenvalue weighted by Gasteiger charge is -2.32. The molecule has 0 aromatic rings. The van der Waals surface area contributed by atoms with Crippen LogP contribution in [-0.2, 0) is 14.8 Å². The molecule has 0 spiro atoms. The Labute approximate surface area is 127 Å². The molecule has 1 aliphatic heterocycles. The van der Waals surface area contributed by atoms with Crippen molar-refractivity contribution in [3.8, 4) is 0 Å². The quantitative estimate of drug-likeness (QED) is 0.760. The number of amides is 1. The highest BCUT2D eigenvalue weighted by Crippen LogP contribution is 2.14. The van der Waals surface area contributed by atoms with Gasteiger partial charge in [0.15, 0.2) is 0 Å². The average molecular weight is 328 g/mol. The first-order chi connectivity index (χ1) is 8.77. The van der Waals surface area contributed by atoms with E-state index < -0.39 is 16.1 Å². The lowest BCUT2D eigenvalue weighted by Crippen LogP contribution is -2.51. The molecule has 0 aromatic carbocycles. The van der Waals surface area contributed by atoms with Gasteiger partial charge in [0.25, 0.3) is 0 Å². The number of piperidine rings is 1. The number of carbonyl (C=O) groups excluding carboxylic acids is 1. The molecule has 120 valence electrons. The fraction of sp³-hybridized carbons (Fsp3) is 0.917. The Kier molecular flexibility index (Phi) is 8.01. The molecular formula is C12H26ClN3O3S. The minimum Gasteiger partial charge on any atom is -0.352 e. The number of nitrogens with one attached hydrogen (secondary N) is 1. The van der Waals surface area contributed by atoms with Gasteiger partial charge >= 0.3 is 0 Å². The van der Waals surface area contributed by atoms with Crippen LogP contribution >= 0.6 is 12.4 Å². The molecule has 0 saturated carbocycles. The Morgan fingerprint density at radius 2 is 1.85 bits per heavy atom. The third-order valence-corrected chi connectivity index (χ3v) is 5.46. The zero-order valence-corrected chi connectivity index (χ0v) is 14.0. The molecular weight excluding hydrogens is 302 g/mol. The van der Waals surface area contributed by atoms with E-state index in [0.29, 0.717) is 25.9 Å². The first kappa shape index (κ1) is 19.6. The summed E-state index contributed by atoms with van der Waals surface area (Å²) in [5.74, 6) is 0.0785. The second-order valence-corrected chi connectivity index (χ2v) is 7.61. The fourth-order valence-corrected chi connectivity index (χ4v) is 3.19. The molecule has 1 rings (SSSR count). The maximum atomic E-state index is 11.8. The minimum absolute atomic E-state index is 0. The maximum Gasteiger partial charge on any atom is 0.237 e. The van der Waals surface area contributed by atoms with Crippen molar-refractivity contribution in [2.24, 2.45) is 11.7 Å². The van der Waals surface area contributed by atoms with Gasteiger partial charge in [-0.25, -0.2) is 12.7 Å². The number of nitrogens with zero attached hydrogens (tertiary/aromatic N) is 1. The van der Waals surface area contributed by atoms with Crippen LogP contribution in [0, 0.1) is 5.92 Å². The van der Waals surface area contributed by atoms with Crippen molar-refractivity contribution < 1.29 is 13.2 Å². The Hall–Kier alpha value is -0.370. The van der Waals surface area contributed by atoms with Gasteiger partial charge in [0.05, 0.1) is 11.8 Å². The first-order valence-electron chi connectivity index (χ1n) is 6.81. The van der Waals surface area contributed by atoms with Gasteiger partial charge in [0, 0.05) is 19.1 Å². The van der Waals surface area contributed by atoms with E-state index in [2.05, 4.69) is 5.32 Å². The zero-order valence-electron chi connectivity index (χ0n) is 12.3. The maximum absolute atomic E-state index is 11.8. The second kappa shape index (κ2) is 8.17. The number of rotatable bonds is 5. The highest BCUT2D eigenvalue weighted by Gasteiger charge is 2.28. The monoisotopic (exact) mass is 327 g/mol. The van der Waals surface area contributed by atoms with Gasteiger partial charge in [-0.15, -0.1) is 12.4 Å². The smallest absolute Gasteiger partial charge is 0.237 e. The average Bonchev–Trinajstić information content (AvgIpc) is 2.38. The Bertz CT molecular complexity index is 406. The summed E-state index contributed by atoms with van der Waals surface area (Å²) in [6, 6.07) is -0.474. The van der Waals surface area contributed by atoms with E-state index in [4.69, 9.17) is 5.73 Å². The van der Waals surface area contributed by atoms with Crippen molar-refractivity contribution >= 4 is 28.3 Å². The SMILES string of the molecule is CCS(=O)(=O)N1CCC(NC(=O)[C@H](N)C(C)C)CC1.Cl. The zero-order chi connectivity index (χ0) is 14.6. The summed E-state index contributed by atoms with van der Waals surface area (Å²) < 4.78 is 24.9. The van der Waals surface area contributed by atoms with E-state index in [1.165, 1.54) is 4.31 Å². The number of sulfonamides is 1. The van der Waals surface area contributed by atoms with Crippen molar-refractivity contribution in [3.05, 3.63) is 0 Å². The largest absolute Gasteiger partial charge is 0.352 e. The van der Waals surface area contributed by atoms with Crippen LogP contribution in [0.1, 0.15) is 33.6 Å². The van der Waals surface area contributed by atoms with Gasteiger partial charge in [-0.3, -0.25) is 4.79 Å². The summed E-state index contributed by atoms with van der Waals surface area (Å²) >= 11 is 0. The van der Waals surface area contributed by atoms with Crippen LogP contribution in [0.5, 0.6) is 0 Å². The lowest BCUT2D eigenvalue weighted by atomic mass is 10.0. The van der Waals surface area contributed by atoms with Crippen LogP contribution in [0.25, 0.3) is 0 Å². The highest BCUT2D eigenvalue weighted by atomic mass is 35.5. The molecule has 20 heavy (non-hydrogen) atoms. The summed E-state index contributed by atoms with van der Waals surface area (Å²) in [7, 11) is -3.11. The summed E-state index contributed by atoms with van der Waals surface area (Å²) in [4.78, 5) is 11.8. The fourth-order valence-electron chi connectivity index (χ4n) is 2.06. The molecule has 8 heteroatoms. The number of nitrogens with two attached hydrogens (primary N) is 1. The van der Waals surface area contributed by atoms with E-state index >= 15 is 0 Å². The Morgan fingerprint density at radius 1 is 1.35 bits per heavy atom. The van der Waals surface area contributed by atoms with E-state index in [1.54, 1.807) is 6.92 Å². The van der Waals surface area contributed by atoms with E-state index in [-0.39, 0.29) is 36.0 Å². The van der Waals surface area contributed by atoms with Crippen LogP contribution in [0.2, 0.25) is 0 Å². The van der Waals surface area contributed by atoms with Crippen molar-refractivity contribution in [1.82, 2.24) is 9.62 Å². The molecule has 0 radical (unpaired) electrons. The molecule has 0 aliphatic carbocycles. The van der Waals surface area contributed by atoms with Crippen molar-refractivity contribution in [2.45, 2.75) is 45.7 Å². The third-order valence-electron chi connectivity index (χ3n) is 3.58. The number of halogens is 1. The first-order valence-corrected chi connectivity index (χ1v) is 8.42. The molecule has 1 saturated heterocycles. The highest BCUT2D eigenvalue weighted by molar-refractivity contribution is 7.89. The molecule has 0 aromatic heterocycles. The van der Waals surface area contributed by atoms with Crippen LogP contribution in [0.4, 0.5) is 0 Å². The molecule has 1 amide bonds. The predicted molar refractivity (Wildman–Crippen MR) is 82.3 cm³/mol. The number of hydrogen-bond acceptors (Lipinski definition) is 4. The Balaban J connectivity index is 0.00000361. The van der Waals surface area contributed by atoms with Gasteiger partial charge in [-0.1, -0.05) is 13.8 Å². The number of carbonyl (C=O) groups is 1. The van der Waals surface area contributed by atoms with Gasteiger partial charge in [-0.05, 0) is 25.7 Å². The summed E-state index contributed by atoms with van der Waals surface area (Å²) in [6.07, 6.45) is 1.30. The van der Waals surface area contributed by atoms with Crippen LogP contribution in [0.3, 0.4) is 0 Å². The topological polar surface area (TPSA) is 92.5 Å². The van der Waals surface area contributed by atoms with Crippen molar-refractivity contribution in [2.75, 3.05) is 18.8 Å². The van der Waals surface area contributed by atoms with Gasteiger partial charge in [0.2, 0.25) is 15.9 Å². The number of hydrogen-bond donors (Lipinski definition) is 2. The molecule has 0 unspecified atom stereocenters. The van der Waals surface area contributed by atoms with E-state index in [9.17, 15) is 13.2 Å². The summed E-state index contributed by atoms with van der Waals surface area (Å²) in [5.41, 5.74) is 5.78. The molecule has 0 bridgehead atoms. The molecule has 1 heterocycles. The normalized spacial score (nSPS) is 19.4. The summed E-state index contributed by atoms with van der Waals surface area (Å²) in [5, 5.41) is 2.90. The molecule has 1 fully saturated rings. The van der Waals surface area contributed by atoms with Crippen molar-refractivity contribution in [1.29, 1.82) is 0 Å². The van der Waals surface area contributed by atoms with Crippen LogP contribution in [0.15, 0.2) is 0 Å². The second-order valence-electron chi connectivity index (χ2n) is 5.35. The van der Waals surface area contributed by atoms with Gasteiger partial charge in [-0.2, -0.15) is 0 Å². The van der Waals surface area contributed by atoms with Crippen LogP contribution < -0.4 is 11.1 Å². The summed E-state index contributed by atoms with van der Waals surface area (Å²) in [6.45, 7) is 6.39. The van der Waals surface area contributed by atoms with E-state index in [1.807, 2.05) is 13.8 Å². The van der Waals surface area contributed by atoms with Gasteiger partial charge < -0.3 is 11.1 Å². The molecule has 6 nitrogen and oxygen atoms in total. The minimum atomic E-state index is -3.11. The molecule has 1 atom stereocenters. The predicted octanol–water partition coefficient (Wildman–Crippen LogP) is 0.322. The standard InChI is InChI=1S/C12H25N3O3S.ClH/c1-4-19(17,18)15-7-5-10(6-8-15)14-12(16)11(13)9(2)3;/h9-11H,4-8,13H2,1-3H3,(H,14,16);1H/t11-;/m1./s1. The van der Waals surface area contributed by atoms with Gasteiger partial charge in [0.1, 0.15) is 0 Å². The van der Waals surface area contributed by atoms with Crippen molar-refractivity contribution in [3.63, 3.8) is 0 Å². The molecule has 1 aliphatic rings. The van der Waals surface area contributed by atoms with Crippen LogP contribution in [-0.4, -0.2) is 49.6 Å². The lowest BCUT2D eigenvalue weighted by molar-refractivity contribution is -0.124. The third kappa shape index (κ3) is 5.20. The van der Waals surface area contributed by atoms with E-state index in [0.717, 1.165) is 0 Å². The Morgan fingerprint density at radius 3 is 2.25 bits per heavy atom.